The summed E-state index contributed by atoms with van der Waals surface area (Å²) >= 11 is 0. The van der Waals surface area contributed by atoms with Crippen LogP contribution in [0.2, 0.25) is 0 Å². The Balaban J connectivity index is 1.87. The smallest absolute Gasteiger partial charge is 0.247 e. The van der Waals surface area contributed by atoms with E-state index in [0.717, 1.165) is 32.8 Å². The molecule has 2 aromatic carbocycles. The molecule has 0 saturated carbocycles. The van der Waals surface area contributed by atoms with Crippen LogP contribution < -0.4 is 5.32 Å². The number of hydrogen-bond donors (Lipinski definition) is 1. The molecule has 31 heavy (non-hydrogen) atoms. The Hall–Kier alpha value is -2.71. The highest BCUT2D eigenvalue weighted by Gasteiger charge is 2.49. The minimum absolute atomic E-state index is 0.0941. The number of nitrogens with one attached hydrogen (secondary N) is 1. The normalized spacial score (nSPS) is 20.0. The fourth-order valence-electron chi connectivity index (χ4n) is 3.64. The van der Waals surface area contributed by atoms with Crippen molar-refractivity contribution in [1.29, 1.82) is 0 Å². The van der Waals surface area contributed by atoms with Crippen molar-refractivity contribution >= 4 is 21.8 Å². The van der Waals surface area contributed by atoms with E-state index in [2.05, 4.69) is 5.32 Å². The molecule has 1 N–H and O–H groups in total. The maximum Gasteiger partial charge on any atom is 0.247 e. The zero-order valence-corrected chi connectivity index (χ0v) is 19.2. The standard InChI is InChI=1S/C23H29N3O4S/c1-17-5-9-19(10-6-17)13-24-22(28)23(3)16-25(31(4,29)30)15-21(27)26(23)14-20-11-7-18(2)8-12-20/h5-12H,13-16H2,1-4H3,(H,24,28)/t23-/m1/s1. The minimum atomic E-state index is -3.63. The van der Waals surface area contributed by atoms with E-state index >= 15 is 0 Å². The van der Waals surface area contributed by atoms with Crippen LogP contribution in [0, 0.1) is 13.8 Å². The number of rotatable bonds is 6. The molecule has 3 rings (SSSR count). The van der Waals surface area contributed by atoms with Crippen LogP contribution in [0.25, 0.3) is 0 Å². The van der Waals surface area contributed by atoms with Crippen molar-refractivity contribution in [3.63, 3.8) is 0 Å². The number of nitrogens with zero attached hydrogens (tertiary/aromatic N) is 2. The lowest BCUT2D eigenvalue weighted by Gasteiger charge is -2.46. The molecule has 1 aliphatic heterocycles. The van der Waals surface area contributed by atoms with E-state index in [1.54, 1.807) is 6.92 Å². The van der Waals surface area contributed by atoms with Crippen LogP contribution >= 0.6 is 0 Å². The summed E-state index contributed by atoms with van der Waals surface area (Å²) in [6.45, 7) is 5.74. The summed E-state index contributed by atoms with van der Waals surface area (Å²) in [6.07, 6.45) is 1.06. The number of carbonyl (C=O) groups excluding carboxylic acids is 2. The van der Waals surface area contributed by atoms with Gasteiger partial charge in [0.2, 0.25) is 21.8 Å². The van der Waals surface area contributed by atoms with Crippen molar-refractivity contribution in [2.45, 2.75) is 39.4 Å². The molecule has 1 heterocycles. The second-order valence-electron chi connectivity index (χ2n) is 8.44. The van der Waals surface area contributed by atoms with Crippen molar-refractivity contribution in [3.8, 4) is 0 Å². The molecular weight excluding hydrogens is 414 g/mol. The van der Waals surface area contributed by atoms with E-state index in [9.17, 15) is 18.0 Å². The van der Waals surface area contributed by atoms with E-state index in [-0.39, 0.29) is 25.5 Å². The molecule has 2 aromatic rings. The van der Waals surface area contributed by atoms with E-state index in [0.29, 0.717) is 6.54 Å². The third kappa shape index (κ3) is 5.32. The highest BCUT2D eigenvalue weighted by atomic mass is 32.2. The number of benzene rings is 2. The number of aryl methyl sites for hydroxylation is 2. The lowest BCUT2D eigenvalue weighted by atomic mass is 9.94. The van der Waals surface area contributed by atoms with Gasteiger partial charge in [-0.15, -0.1) is 0 Å². The minimum Gasteiger partial charge on any atom is -0.350 e. The maximum absolute atomic E-state index is 13.3. The molecule has 1 saturated heterocycles. The molecule has 2 amide bonds. The number of amides is 2. The van der Waals surface area contributed by atoms with E-state index in [4.69, 9.17) is 0 Å². The van der Waals surface area contributed by atoms with Crippen LogP contribution in [0.1, 0.15) is 29.2 Å². The molecule has 0 bridgehead atoms. The first-order valence-corrected chi connectivity index (χ1v) is 12.0. The van der Waals surface area contributed by atoms with E-state index in [1.165, 1.54) is 4.90 Å². The molecule has 1 atom stereocenters. The van der Waals surface area contributed by atoms with Crippen LogP contribution in [-0.2, 0) is 32.7 Å². The Morgan fingerprint density at radius 1 is 1.00 bits per heavy atom. The zero-order valence-electron chi connectivity index (χ0n) is 18.4. The van der Waals surface area contributed by atoms with Crippen molar-refractivity contribution in [2.24, 2.45) is 0 Å². The Kier molecular flexibility index (Phi) is 6.52. The fourth-order valence-corrected chi connectivity index (χ4v) is 4.47. The van der Waals surface area contributed by atoms with Gasteiger partial charge in [0.1, 0.15) is 5.54 Å². The van der Waals surface area contributed by atoms with Gasteiger partial charge in [0.15, 0.2) is 0 Å². The summed E-state index contributed by atoms with van der Waals surface area (Å²) in [5, 5.41) is 2.89. The van der Waals surface area contributed by atoms with E-state index in [1.807, 2.05) is 62.4 Å². The van der Waals surface area contributed by atoms with Gasteiger partial charge in [-0.3, -0.25) is 9.59 Å². The van der Waals surface area contributed by atoms with Gasteiger partial charge < -0.3 is 10.2 Å². The number of carbonyl (C=O) groups is 2. The first-order chi connectivity index (χ1) is 14.5. The summed E-state index contributed by atoms with van der Waals surface area (Å²) in [5.74, 6) is -0.785. The average molecular weight is 444 g/mol. The topological polar surface area (TPSA) is 86.8 Å². The van der Waals surface area contributed by atoms with Crippen LogP contribution in [0.15, 0.2) is 48.5 Å². The molecule has 0 unspecified atom stereocenters. The molecule has 8 heteroatoms. The van der Waals surface area contributed by atoms with Crippen LogP contribution in [0.5, 0.6) is 0 Å². The maximum atomic E-state index is 13.3. The number of sulfonamides is 1. The summed E-state index contributed by atoms with van der Waals surface area (Å²) in [4.78, 5) is 27.8. The molecule has 0 spiro atoms. The summed E-state index contributed by atoms with van der Waals surface area (Å²) in [6, 6.07) is 15.5. The Labute approximate surface area is 184 Å². The first-order valence-electron chi connectivity index (χ1n) is 10.1. The quantitative estimate of drug-likeness (QED) is 0.740. The monoisotopic (exact) mass is 443 g/mol. The summed E-state index contributed by atoms with van der Waals surface area (Å²) in [7, 11) is -3.63. The first kappa shape index (κ1) is 23.0. The molecule has 1 fully saturated rings. The highest BCUT2D eigenvalue weighted by molar-refractivity contribution is 7.88. The predicted molar refractivity (Wildman–Crippen MR) is 120 cm³/mol. The Morgan fingerprint density at radius 2 is 1.52 bits per heavy atom. The van der Waals surface area contributed by atoms with Gasteiger partial charge in [0, 0.05) is 19.6 Å². The lowest BCUT2D eigenvalue weighted by Crippen LogP contribution is -2.69. The second-order valence-corrected chi connectivity index (χ2v) is 10.4. The van der Waals surface area contributed by atoms with Gasteiger partial charge in [0.25, 0.3) is 0 Å². The van der Waals surface area contributed by atoms with Gasteiger partial charge in [-0.05, 0) is 31.9 Å². The van der Waals surface area contributed by atoms with Crippen molar-refractivity contribution in [2.75, 3.05) is 19.3 Å². The van der Waals surface area contributed by atoms with Gasteiger partial charge in [-0.25, -0.2) is 8.42 Å². The van der Waals surface area contributed by atoms with Gasteiger partial charge in [-0.2, -0.15) is 4.31 Å². The van der Waals surface area contributed by atoms with Gasteiger partial charge in [-0.1, -0.05) is 59.7 Å². The third-order valence-electron chi connectivity index (χ3n) is 5.69. The average Bonchev–Trinajstić information content (AvgIpc) is 2.70. The third-order valence-corrected chi connectivity index (χ3v) is 6.88. The SMILES string of the molecule is Cc1ccc(CNC(=O)[C@@]2(C)CN(S(C)(=O)=O)CC(=O)N2Cc2ccc(C)cc2)cc1. The van der Waals surface area contributed by atoms with Crippen molar-refractivity contribution in [1.82, 2.24) is 14.5 Å². The Morgan fingerprint density at radius 3 is 2.03 bits per heavy atom. The molecule has 1 aliphatic rings. The second kappa shape index (κ2) is 8.80. The predicted octanol–water partition coefficient (Wildman–Crippen LogP) is 1.98. The fraction of sp³-hybridized carbons (Fsp3) is 0.391. The summed E-state index contributed by atoms with van der Waals surface area (Å²) in [5.41, 5.74) is 2.68. The van der Waals surface area contributed by atoms with Gasteiger partial charge in [0.05, 0.1) is 12.8 Å². The largest absolute Gasteiger partial charge is 0.350 e. The van der Waals surface area contributed by atoms with Gasteiger partial charge >= 0.3 is 0 Å². The summed E-state index contributed by atoms with van der Waals surface area (Å²) < 4.78 is 25.4. The zero-order chi connectivity index (χ0) is 22.8. The lowest BCUT2D eigenvalue weighted by molar-refractivity contribution is -0.153. The van der Waals surface area contributed by atoms with E-state index < -0.39 is 21.5 Å². The van der Waals surface area contributed by atoms with Crippen LogP contribution in [0.3, 0.4) is 0 Å². The number of piperazine rings is 1. The molecule has 166 valence electrons. The number of hydrogen-bond acceptors (Lipinski definition) is 4. The molecule has 0 aliphatic carbocycles. The molecule has 0 aromatic heterocycles. The molecule has 0 radical (unpaired) electrons. The highest BCUT2D eigenvalue weighted by Crippen LogP contribution is 2.27. The molecule has 7 nitrogen and oxygen atoms in total. The van der Waals surface area contributed by atoms with Crippen LogP contribution in [-0.4, -0.2) is 54.3 Å². The molecular formula is C23H29N3O4S. The Bertz CT molecular complexity index is 1070. The van der Waals surface area contributed by atoms with Crippen molar-refractivity contribution in [3.05, 3.63) is 70.8 Å². The van der Waals surface area contributed by atoms with Crippen molar-refractivity contribution < 1.29 is 18.0 Å². The van der Waals surface area contributed by atoms with Crippen LogP contribution in [0.4, 0.5) is 0 Å².